The number of Topliss-reactive ketones (excluding diaryl/α,β-unsaturated/α-hetero) is 1. The Morgan fingerprint density at radius 3 is 2.71 bits per heavy atom. The molecule has 144 valence electrons. The minimum atomic E-state index is -1.33. The molecule has 2 N–H and O–H groups in total. The molecule has 0 amide bonds. The molecule has 0 aliphatic carbocycles. The Bertz CT molecular complexity index is 1150. The monoisotopic (exact) mass is 401 g/mol. The molecule has 1 aliphatic rings. The molecule has 4 heterocycles. The highest BCUT2D eigenvalue weighted by Crippen LogP contribution is 2.28. The molecule has 0 aromatic carbocycles. The van der Waals surface area contributed by atoms with E-state index in [2.05, 4.69) is 14.3 Å². The lowest BCUT2D eigenvalue weighted by atomic mass is 9.95. The van der Waals surface area contributed by atoms with Gasteiger partial charge in [-0.3, -0.25) is 14.2 Å². The van der Waals surface area contributed by atoms with Gasteiger partial charge in [0, 0.05) is 30.8 Å². The summed E-state index contributed by atoms with van der Waals surface area (Å²) in [6.45, 7) is 2.07. The Morgan fingerprint density at radius 2 is 2.11 bits per heavy atom. The molecule has 3 aromatic heterocycles. The number of carboxylic acids is 1. The second kappa shape index (κ2) is 6.77. The van der Waals surface area contributed by atoms with Crippen molar-refractivity contribution in [1.82, 2.24) is 18.9 Å². The van der Waals surface area contributed by atoms with Crippen molar-refractivity contribution in [3.63, 3.8) is 0 Å². The van der Waals surface area contributed by atoms with E-state index in [1.54, 1.807) is 13.0 Å². The van der Waals surface area contributed by atoms with Crippen molar-refractivity contribution in [2.75, 3.05) is 24.6 Å². The number of aromatic nitrogens is 4. The molecular weight excluding hydrogens is 386 g/mol. The van der Waals surface area contributed by atoms with Crippen LogP contribution in [0.2, 0.25) is 0 Å². The first kappa shape index (κ1) is 18.2. The Kier molecular flexibility index (Phi) is 4.40. The molecule has 0 atom stereocenters. The highest BCUT2D eigenvalue weighted by atomic mass is 32.1. The lowest BCUT2D eigenvalue weighted by molar-refractivity contribution is -0.126. The number of hydrogen-bond acceptors (Lipinski definition) is 9. The molecule has 10 nitrogen and oxygen atoms in total. The van der Waals surface area contributed by atoms with Crippen molar-refractivity contribution in [3.8, 4) is 5.13 Å². The van der Waals surface area contributed by atoms with Crippen LogP contribution in [0.4, 0.5) is 5.82 Å². The van der Waals surface area contributed by atoms with Crippen LogP contribution in [0.3, 0.4) is 0 Å². The van der Waals surface area contributed by atoms with Crippen LogP contribution in [0.1, 0.15) is 15.9 Å². The smallest absolute Gasteiger partial charge is 0.341 e. The second-order valence-electron chi connectivity index (χ2n) is 6.49. The minimum Gasteiger partial charge on any atom is -0.477 e. The van der Waals surface area contributed by atoms with Gasteiger partial charge in [-0.25, -0.2) is 14.8 Å². The number of hydrogen-bond donors (Lipinski definition) is 2. The van der Waals surface area contributed by atoms with Gasteiger partial charge in [0.1, 0.15) is 24.3 Å². The first-order chi connectivity index (χ1) is 13.4. The quantitative estimate of drug-likeness (QED) is 0.615. The molecule has 1 fully saturated rings. The highest BCUT2D eigenvalue weighted by Gasteiger charge is 2.33. The van der Waals surface area contributed by atoms with Gasteiger partial charge in [-0.1, -0.05) is 0 Å². The summed E-state index contributed by atoms with van der Waals surface area (Å²) in [5.41, 5.74) is -0.142. The molecule has 1 saturated heterocycles. The average Bonchev–Trinajstić information content (AvgIpc) is 3.14. The van der Waals surface area contributed by atoms with E-state index in [0.29, 0.717) is 29.6 Å². The molecule has 1 aliphatic heterocycles. The third kappa shape index (κ3) is 2.84. The van der Waals surface area contributed by atoms with Gasteiger partial charge in [0.05, 0.1) is 11.3 Å². The number of carbonyl (C=O) groups is 2. The molecular formula is C17H15N5O5S. The van der Waals surface area contributed by atoms with E-state index in [0.717, 1.165) is 11.5 Å². The van der Waals surface area contributed by atoms with Gasteiger partial charge < -0.3 is 15.1 Å². The SMILES string of the molecule is Cc1cc(N2CC(C(=O)CO)C2)nc2c1c(=O)c(C(=O)O)cn2-c1ncns1. The summed E-state index contributed by atoms with van der Waals surface area (Å²) >= 11 is 1.05. The van der Waals surface area contributed by atoms with Crippen LogP contribution < -0.4 is 10.3 Å². The Balaban J connectivity index is 1.88. The van der Waals surface area contributed by atoms with Crippen LogP contribution in [0.15, 0.2) is 23.4 Å². The van der Waals surface area contributed by atoms with Crippen molar-refractivity contribution in [1.29, 1.82) is 0 Å². The lowest BCUT2D eigenvalue weighted by Gasteiger charge is -2.39. The van der Waals surface area contributed by atoms with Crippen molar-refractivity contribution in [3.05, 3.63) is 39.9 Å². The molecule has 28 heavy (non-hydrogen) atoms. The van der Waals surface area contributed by atoms with Crippen LogP contribution in [0.5, 0.6) is 0 Å². The molecule has 0 saturated carbocycles. The number of nitrogens with zero attached hydrogens (tertiary/aromatic N) is 5. The molecule has 0 unspecified atom stereocenters. The number of carbonyl (C=O) groups excluding carboxylic acids is 1. The fraction of sp³-hybridized carbons (Fsp3) is 0.294. The zero-order valence-electron chi connectivity index (χ0n) is 14.7. The number of aliphatic hydroxyl groups excluding tert-OH is 1. The molecule has 4 rings (SSSR count). The predicted molar refractivity (Wildman–Crippen MR) is 100 cm³/mol. The maximum Gasteiger partial charge on any atom is 0.341 e. The maximum absolute atomic E-state index is 12.7. The average molecular weight is 401 g/mol. The number of ketones is 1. The van der Waals surface area contributed by atoms with Crippen LogP contribution >= 0.6 is 11.5 Å². The number of rotatable bonds is 5. The highest BCUT2D eigenvalue weighted by molar-refractivity contribution is 7.08. The van der Waals surface area contributed by atoms with Crippen molar-refractivity contribution < 1.29 is 19.8 Å². The molecule has 0 bridgehead atoms. The zero-order chi connectivity index (χ0) is 20.0. The number of fused-ring (bicyclic) bond motifs is 1. The Hall–Kier alpha value is -3.18. The number of carboxylic acid groups (broad SMARTS) is 1. The van der Waals surface area contributed by atoms with Gasteiger partial charge >= 0.3 is 5.97 Å². The molecule has 3 aromatic rings. The third-order valence-corrected chi connectivity index (χ3v) is 5.41. The summed E-state index contributed by atoms with van der Waals surface area (Å²) in [6, 6.07) is 1.69. The van der Waals surface area contributed by atoms with Gasteiger partial charge in [0.2, 0.25) is 10.6 Å². The van der Waals surface area contributed by atoms with Crippen molar-refractivity contribution >= 4 is 40.1 Å². The van der Waals surface area contributed by atoms with Gasteiger partial charge in [-0.2, -0.15) is 4.37 Å². The zero-order valence-corrected chi connectivity index (χ0v) is 15.5. The van der Waals surface area contributed by atoms with E-state index in [-0.39, 0.29) is 28.3 Å². The number of aryl methyl sites for hydroxylation is 1. The molecule has 0 spiro atoms. The topological polar surface area (TPSA) is 139 Å². The largest absolute Gasteiger partial charge is 0.477 e. The fourth-order valence-corrected chi connectivity index (χ4v) is 3.72. The normalized spacial score (nSPS) is 14.3. The summed E-state index contributed by atoms with van der Waals surface area (Å²) < 4.78 is 5.38. The van der Waals surface area contributed by atoms with Crippen molar-refractivity contribution in [2.45, 2.75) is 6.92 Å². The first-order valence-corrected chi connectivity index (χ1v) is 9.14. The van der Waals surface area contributed by atoms with Crippen LogP contribution in [-0.4, -0.2) is 60.6 Å². The van der Waals surface area contributed by atoms with Gasteiger partial charge in [-0.15, -0.1) is 0 Å². The van der Waals surface area contributed by atoms with Gasteiger partial charge in [0.25, 0.3) is 0 Å². The summed E-state index contributed by atoms with van der Waals surface area (Å²) in [7, 11) is 0. The predicted octanol–water partition coefficient (Wildman–Crippen LogP) is 0.241. The fourth-order valence-electron chi connectivity index (χ4n) is 3.21. The van der Waals surface area contributed by atoms with Crippen LogP contribution in [0.25, 0.3) is 16.2 Å². The van der Waals surface area contributed by atoms with Crippen LogP contribution in [0, 0.1) is 12.8 Å². The molecule has 11 heteroatoms. The summed E-state index contributed by atoms with van der Waals surface area (Å²) in [5, 5.41) is 19.0. The van der Waals surface area contributed by atoms with Gasteiger partial charge in [-0.05, 0) is 18.6 Å². The standard InChI is InChI=1S/C17H15N5O5S/c1-8-2-12(21-3-9(4-21)11(24)6-23)20-15-13(8)14(25)10(16(26)27)5-22(15)17-18-7-19-28-17/h2,5,7,9,23H,3-4,6H2,1H3,(H,26,27). The number of aromatic carboxylic acids is 1. The van der Waals surface area contributed by atoms with E-state index < -0.39 is 18.0 Å². The van der Waals surface area contributed by atoms with E-state index in [1.165, 1.54) is 17.1 Å². The Labute approximate surface area is 161 Å². The summed E-state index contributed by atoms with van der Waals surface area (Å²) in [5.74, 6) is -1.23. The van der Waals surface area contributed by atoms with E-state index in [1.807, 2.05) is 4.90 Å². The van der Waals surface area contributed by atoms with E-state index >= 15 is 0 Å². The Morgan fingerprint density at radius 1 is 1.36 bits per heavy atom. The number of aliphatic hydroxyl groups is 1. The third-order valence-electron chi connectivity index (χ3n) is 4.74. The summed E-state index contributed by atoms with van der Waals surface area (Å²) in [6.07, 6.45) is 2.54. The number of pyridine rings is 2. The van der Waals surface area contributed by atoms with E-state index in [9.17, 15) is 19.5 Å². The molecule has 0 radical (unpaired) electrons. The first-order valence-electron chi connectivity index (χ1n) is 8.36. The minimum absolute atomic E-state index is 0.197. The second-order valence-corrected chi connectivity index (χ2v) is 7.25. The maximum atomic E-state index is 12.7. The lowest BCUT2D eigenvalue weighted by Crippen LogP contribution is -2.51. The van der Waals surface area contributed by atoms with E-state index in [4.69, 9.17) is 5.11 Å². The van der Waals surface area contributed by atoms with Crippen molar-refractivity contribution in [2.24, 2.45) is 5.92 Å². The van der Waals surface area contributed by atoms with Gasteiger partial charge in [0.15, 0.2) is 11.4 Å². The number of anilines is 1. The van der Waals surface area contributed by atoms with Crippen LogP contribution in [-0.2, 0) is 4.79 Å². The summed E-state index contributed by atoms with van der Waals surface area (Å²) in [4.78, 5) is 46.4.